The van der Waals surface area contributed by atoms with Crippen LogP contribution in [-0.2, 0) is 28.2 Å². The van der Waals surface area contributed by atoms with Gasteiger partial charge in [-0.25, -0.2) is 0 Å². The number of aliphatic hydroxyl groups excluding tert-OH is 3. The number of rotatable bonds is 18. The molecule has 9 nitrogen and oxygen atoms in total. The predicted molar refractivity (Wildman–Crippen MR) is 105 cm³/mol. The number of aliphatic hydroxyl groups is 3. The highest BCUT2D eigenvalue weighted by Gasteiger charge is 2.29. The maximum atomic E-state index is 9.25. The zero-order valence-electron chi connectivity index (χ0n) is 18.1. The van der Waals surface area contributed by atoms with Gasteiger partial charge in [0.25, 0.3) is 0 Å². The van der Waals surface area contributed by atoms with Crippen molar-refractivity contribution in [1.29, 1.82) is 0 Å². The topological polar surface area (TPSA) is 116 Å². The third kappa shape index (κ3) is 17.8. The maximum Gasteiger partial charge on any atom is 0.640 e. The summed E-state index contributed by atoms with van der Waals surface area (Å²) in [6.45, 7) is 11.8. The van der Waals surface area contributed by atoms with E-state index < -0.39 is 25.6 Å². The summed E-state index contributed by atoms with van der Waals surface area (Å²) >= 11 is 0. The summed E-state index contributed by atoms with van der Waals surface area (Å²) in [5.74, 6) is 0. The average molecular weight is 410 g/mol. The molecule has 0 aliphatic carbocycles. The van der Waals surface area contributed by atoms with Crippen LogP contribution in [-0.4, -0.2) is 98.9 Å². The summed E-state index contributed by atoms with van der Waals surface area (Å²) in [6.07, 6.45) is -2.65. The number of hydrogen-bond acceptors (Lipinski definition) is 9. The SMILES string of the molecule is CC(O)COCC(C)OB(OC(C)COCC(C)O)OC(C)COCC(C)O. The van der Waals surface area contributed by atoms with Crippen molar-refractivity contribution in [2.24, 2.45) is 0 Å². The van der Waals surface area contributed by atoms with Gasteiger partial charge in [0.1, 0.15) is 0 Å². The lowest BCUT2D eigenvalue weighted by atomic mass is 10.1. The fourth-order valence-corrected chi connectivity index (χ4v) is 2.00. The molecule has 0 fully saturated rings. The monoisotopic (exact) mass is 410 g/mol. The lowest BCUT2D eigenvalue weighted by Crippen LogP contribution is -2.40. The number of hydrogen-bond donors (Lipinski definition) is 3. The van der Waals surface area contributed by atoms with Crippen molar-refractivity contribution in [3.63, 3.8) is 0 Å². The van der Waals surface area contributed by atoms with Crippen molar-refractivity contribution in [3.8, 4) is 0 Å². The van der Waals surface area contributed by atoms with E-state index in [1.165, 1.54) is 0 Å². The molecule has 10 heteroatoms. The summed E-state index contributed by atoms with van der Waals surface area (Å²) in [7, 11) is -0.972. The molecule has 0 aliphatic rings. The van der Waals surface area contributed by atoms with Crippen molar-refractivity contribution in [2.45, 2.75) is 78.2 Å². The second-order valence-electron chi connectivity index (χ2n) is 7.29. The maximum absolute atomic E-state index is 9.25. The fourth-order valence-electron chi connectivity index (χ4n) is 2.00. The Morgan fingerprint density at radius 3 is 0.964 bits per heavy atom. The lowest BCUT2D eigenvalue weighted by Gasteiger charge is -2.25. The molecule has 0 spiro atoms. The van der Waals surface area contributed by atoms with Gasteiger partial charge in [-0.05, 0) is 41.5 Å². The highest BCUT2D eigenvalue weighted by molar-refractivity contribution is 6.36. The third-order valence-corrected chi connectivity index (χ3v) is 3.17. The van der Waals surface area contributed by atoms with Crippen LogP contribution < -0.4 is 0 Å². The second-order valence-corrected chi connectivity index (χ2v) is 7.29. The van der Waals surface area contributed by atoms with Gasteiger partial charge in [-0.3, -0.25) is 0 Å². The zero-order valence-corrected chi connectivity index (χ0v) is 18.1. The van der Waals surface area contributed by atoms with E-state index in [2.05, 4.69) is 0 Å². The lowest BCUT2D eigenvalue weighted by molar-refractivity contribution is -0.0545. The first-order valence-corrected chi connectivity index (χ1v) is 9.83. The molecular formula is C18H39BO9. The Kier molecular flexibility index (Phi) is 16.3. The van der Waals surface area contributed by atoms with Crippen molar-refractivity contribution in [3.05, 3.63) is 0 Å². The first-order chi connectivity index (χ1) is 13.1. The van der Waals surface area contributed by atoms with Crippen LogP contribution in [0.1, 0.15) is 41.5 Å². The summed E-state index contributed by atoms with van der Waals surface area (Å²) < 4.78 is 33.4. The number of ether oxygens (including phenoxy) is 3. The molecule has 0 rings (SSSR count). The van der Waals surface area contributed by atoms with E-state index >= 15 is 0 Å². The van der Waals surface area contributed by atoms with Crippen LogP contribution in [0, 0.1) is 0 Å². The van der Waals surface area contributed by atoms with Gasteiger partial charge in [0.05, 0.1) is 76.3 Å². The molecule has 3 N–H and O–H groups in total. The van der Waals surface area contributed by atoms with Crippen LogP contribution in [0.3, 0.4) is 0 Å². The molecule has 0 saturated heterocycles. The highest BCUT2D eigenvalue weighted by atomic mass is 16.8. The smallest absolute Gasteiger partial charge is 0.391 e. The van der Waals surface area contributed by atoms with Crippen LogP contribution >= 0.6 is 0 Å². The van der Waals surface area contributed by atoms with Gasteiger partial charge in [-0.2, -0.15) is 0 Å². The van der Waals surface area contributed by atoms with Crippen LogP contribution in [0.5, 0.6) is 0 Å². The standard InChI is InChI=1S/C18H39BO9/c1-13(20)7-23-10-16(4)26-19(27-17(5)11-24-8-14(2)21)28-18(6)12-25-9-15(3)22/h13-18,20-22H,7-12H2,1-6H3. The molecule has 0 saturated carbocycles. The average Bonchev–Trinajstić information content (AvgIpc) is 2.53. The third-order valence-electron chi connectivity index (χ3n) is 3.17. The Bertz CT molecular complexity index is 306. The Balaban J connectivity index is 4.49. The second kappa shape index (κ2) is 16.5. The van der Waals surface area contributed by atoms with Crippen LogP contribution in [0.15, 0.2) is 0 Å². The van der Waals surface area contributed by atoms with E-state index in [1.807, 2.05) is 20.8 Å². The van der Waals surface area contributed by atoms with Gasteiger partial charge in [0, 0.05) is 0 Å². The van der Waals surface area contributed by atoms with Crippen molar-refractivity contribution >= 4 is 7.32 Å². The summed E-state index contributed by atoms with van der Waals surface area (Å²) in [6, 6.07) is 0. The largest absolute Gasteiger partial charge is 0.640 e. The molecule has 0 aromatic rings. The van der Waals surface area contributed by atoms with Crippen LogP contribution in [0.2, 0.25) is 0 Å². The van der Waals surface area contributed by atoms with E-state index in [0.717, 1.165) is 0 Å². The van der Waals surface area contributed by atoms with Crippen molar-refractivity contribution in [1.82, 2.24) is 0 Å². The van der Waals surface area contributed by atoms with Crippen LogP contribution in [0.25, 0.3) is 0 Å². The minimum absolute atomic E-state index is 0.216. The van der Waals surface area contributed by atoms with Gasteiger partial charge in [-0.15, -0.1) is 0 Å². The molecule has 6 unspecified atom stereocenters. The minimum atomic E-state index is -0.972. The molecule has 0 aromatic heterocycles. The van der Waals surface area contributed by atoms with E-state index in [-0.39, 0.29) is 58.0 Å². The van der Waals surface area contributed by atoms with Crippen molar-refractivity contribution < 1.29 is 43.5 Å². The molecular weight excluding hydrogens is 371 g/mol. The molecule has 0 radical (unpaired) electrons. The van der Waals surface area contributed by atoms with Gasteiger partial charge >= 0.3 is 7.32 Å². The summed E-state index contributed by atoms with van der Waals surface area (Å²) in [5, 5.41) is 27.7. The van der Waals surface area contributed by atoms with Gasteiger partial charge < -0.3 is 43.5 Å². The summed E-state index contributed by atoms with van der Waals surface area (Å²) in [5.41, 5.74) is 0. The molecule has 0 aliphatic heterocycles. The van der Waals surface area contributed by atoms with Gasteiger partial charge in [-0.1, -0.05) is 0 Å². The zero-order chi connectivity index (χ0) is 21.5. The van der Waals surface area contributed by atoms with E-state index in [9.17, 15) is 15.3 Å². The Morgan fingerprint density at radius 2 is 0.750 bits per heavy atom. The van der Waals surface area contributed by atoms with Gasteiger partial charge in [0.2, 0.25) is 0 Å². The normalized spacial score (nSPS) is 18.3. The molecule has 6 atom stereocenters. The molecule has 0 aromatic carbocycles. The van der Waals surface area contributed by atoms with Gasteiger partial charge in [0.15, 0.2) is 0 Å². The molecule has 28 heavy (non-hydrogen) atoms. The Morgan fingerprint density at radius 1 is 0.500 bits per heavy atom. The quantitative estimate of drug-likeness (QED) is 0.276. The van der Waals surface area contributed by atoms with E-state index in [1.54, 1.807) is 20.8 Å². The minimum Gasteiger partial charge on any atom is -0.391 e. The molecule has 0 heterocycles. The Labute approximate surface area is 169 Å². The summed E-state index contributed by atoms with van der Waals surface area (Å²) in [4.78, 5) is 0. The highest BCUT2D eigenvalue weighted by Crippen LogP contribution is 2.08. The first kappa shape index (κ1) is 27.7. The predicted octanol–water partition coefficient (Wildman–Crippen LogP) is 0.379. The fraction of sp³-hybridized carbons (Fsp3) is 1.00. The molecule has 168 valence electrons. The Hall–Kier alpha value is -0.295. The van der Waals surface area contributed by atoms with E-state index in [0.29, 0.717) is 0 Å². The van der Waals surface area contributed by atoms with Crippen molar-refractivity contribution in [2.75, 3.05) is 39.6 Å². The molecule has 0 bridgehead atoms. The molecule has 0 amide bonds. The first-order valence-electron chi connectivity index (χ1n) is 9.83. The van der Waals surface area contributed by atoms with E-state index in [4.69, 9.17) is 28.2 Å². The van der Waals surface area contributed by atoms with Crippen LogP contribution in [0.4, 0.5) is 0 Å².